The van der Waals surface area contributed by atoms with Gasteiger partial charge in [-0.05, 0) is 6.26 Å². The summed E-state index contributed by atoms with van der Waals surface area (Å²) < 4.78 is 17.3. The summed E-state index contributed by atoms with van der Waals surface area (Å²) in [6, 6.07) is 3.33. The lowest BCUT2D eigenvalue weighted by atomic mass is 10.2. The molecule has 0 unspecified atom stereocenters. The highest BCUT2D eigenvalue weighted by molar-refractivity contribution is 7.99. The number of anilines is 1. The third-order valence-electron chi connectivity index (χ3n) is 3.55. The number of ether oxygens (including phenoxy) is 3. The molecule has 1 heterocycles. The van der Waals surface area contributed by atoms with Crippen LogP contribution in [0.4, 0.5) is 5.69 Å². The van der Waals surface area contributed by atoms with Crippen LogP contribution in [0.2, 0.25) is 0 Å². The molecular formula is C16H23N5O4S2. The number of aryl methyl sites for hydroxylation is 1. The van der Waals surface area contributed by atoms with E-state index in [0.29, 0.717) is 33.9 Å². The van der Waals surface area contributed by atoms with Crippen LogP contribution in [0, 0.1) is 0 Å². The molecule has 0 aliphatic rings. The van der Waals surface area contributed by atoms with Gasteiger partial charge in [-0.3, -0.25) is 4.79 Å². The summed E-state index contributed by atoms with van der Waals surface area (Å²) in [7, 11) is 4.55. The Hall–Kier alpha value is -2.27. The molecule has 0 bridgehead atoms. The molecule has 0 aliphatic heterocycles. The van der Waals surface area contributed by atoms with Gasteiger partial charge in [0.1, 0.15) is 0 Å². The van der Waals surface area contributed by atoms with Gasteiger partial charge in [0.2, 0.25) is 16.8 Å². The van der Waals surface area contributed by atoms with Crippen molar-refractivity contribution in [1.29, 1.82) is 0 Å². The molecule has 0 atom stereocenters. The van der Waals surface area contributed by atoms with E-state index in [-0.39, 0.29) is 11.7 Å². The smallest absolute Gasteiger partial charge is 0.234 e. The molecule has 2 aromatic rings. The summed E-state index contributed by atoms with van der Waals surface area (Å²) in [4.78, 5) is 12.3. The maximum Gasteiger partial charge on any atom is 0.234 e. The van der Waals surface area contributed by atoms with E-state index in [1.54, 1.807) is 23.9 Å². The van der Waals surface area contributed by atoms with Crippen molar-refractivity contribution in [2.45, 2.75) is 11.6 Å². The van der Waals surface area contributed by atoms with Gasteiger partial charge in [0.05, 0.1) is 27.1 Å². The molecule has 11 heteroatoms. The van der Waals surface area contributed by atoms with Crippen LogP contribution in [0.3, 0.4) is 0 Å². The zero-order chi connectivity index (χ0) is 19.8. The number of nitrogen functional groups attached to an aromatic ring is 1. The van der Waals surface area contributed by atoms with Crippen LogP contribution in [0.15, 0.2) is 17.3 Å². The molecule has 148 valence electrons. The minimum absolute atomic E-state index is 0.133. The van der Waals surface area contributed by atoms with E-state index in [4.69, 9.17) is 20.1 Å². The van der Waals surface area contributed by atoms with Gasteiger partial charge in [0.15, 0.2) is 17.3 Å². The minimum Gasteiger partial charge on any atom is -0.493 e. The lowest BCUT2D eigenvalue weighted by Crippen LogP contribution is -2.17. The Bertz CT molecular complexity index is 759. The first-order valence-electron chi connectivity index (χ1n) is 7.95. The highest BCUT2D eigenvalue weighted by Gasteiger charge is 2.16. The zero-order valence-electron chi connectivity index (χ0n) is 15.6. The van der Waals surface area contributed by atoms with E-state index in [0.717, 1.165) is 12.2 Å². The molecule has 0 fully saturated rings. The predicted molar refractivity (Wildman–Crippen MR) is 108 cm³/mol. The molecule has 2 rings (SSSR count). The highest BCUT2D eigenvalue weighted by Crippen LogP contribution is 2.39. The number of carbonyl (C=O) groups is 1. The van der Waals surface area contributed by atoms with Gasteiger partial charge in [-0.25, -0.2) is 4.68 Å². The van der Waals surface area contributed by atoms with E-state index >= 15 is 0 Å². The molecule has 0 radical (unpaired) electrons. The number of rotatable bonds is 10. The molecule has 27 heavy (non-hydrogen) atoms. The number of benzene rings is 1. The molecule has 9 nitrogen and oxygen atoms in total. The number of carbonyl (C=O) groups excluding carboxylic acids is 1. The Balaban J connectivity index is 2.01. The number of nitrogens with one attached hydrogen (secondary N) is 1. The van der Waals surface area contributed by atoms with Crippen LogP contribution in [0.1, 0.15) is 5.82 Å². The van der Waals surface area contributed by atoms with E-state index < -0.39 is 0 Å². The molecule has 0 aliphatic carbocycles. The van der Waals surface area contributed by atoms with Gasteiger partial charge in [-0.1, -0.05) is 11.8 Å². The second-order valence-electron chi connectivity index (χ2n) is 5.26. The van der Waals surface area contributed by atoms with Crippen molar-refractivity contribution in [2.75, 3.05) is 50.3 Å². The number of amides is 1. The van der Waals surface area contributed by atoms with Crippen molar-refractivity contribution >= 4 is 35.1 Å². The summed E-state index contributed by atoms with van der Waals surface area (Å²) in [5.41, 5.74) is 0.532. The van der Waals surface area contributed by atoms with Crippen molar-refractivity contribution in [1.82, 2.24) is 14.9 Å². The van der Waals surface area contributed by atoms with E-state index in [1.807, 2.05) is 6.26 Å². The standard InChI is InChI=1S/C16H23N5O4S2/c1-23-11-7-10(8-12(24-2)15(11)25-3)18-14(22)9-27-16-20-19-13(21(16)17)5-6-26-4/h7-8H,5-6,9,17H2,1-4H3,(H,18,22). The molecule has 0 spiro atoms. The number of nitrogens with two attached hydrogens (primary N) is 1. The molecule has 1 aromatic heterocycles. The normalized spacial score (nSPS) is 10.5. The number of aromatic nitrogens is 3. The van der Waals surface area contributed by atoms with E-state index in [1.165, 1.54) is 37.8 Å². The van der Waals surface area contributed by atoms with E-state index in [9.17, 15) is 4.79 Å². The van der Waals surface area contributed by atoms with Crippen molar-refractivity contribution in [2.24, 2.45) is 0 Å². The molecular weight excluding hydrogens is 390 g/mol. The van der Waals surface area contributed by atoms with Crippen molar-refractivity contribution in [3.8, 4) is 17.2 Å². The number of methoxy groups -OCH3 is 3. The van der Waals surface area contributed by atoms with Gasteiger partial charge >= 0.3 is 0 Å². The van der Waals surface area contributed by atoms with Crippen LogP contribution < -0.4 is 25.4 Å². The third-order valence-corrected chi connectivity index (χ3v) is 5.10. The maximum atomic E-state index is 12.3. The first-order chi connectivity index (χ1) is 13.0. The Morgan fingerprint density at radius 3 is 2.41 bits per heavy atom. The summed E-state index contributed by atoms with van der Waals surface area (Å²) >= 11 is 2.92. The molecule has 1 amide bonds. The molecule has 0 saturated carbocycles. The predicted octanol–water partition coefficient (Wildman–Crippen LogP) is 1.65. The summed E-state index contributed by atoms with van der Waals surface area (Å²) in [6.45, 7) is 0. The van der Waals surface area contributed by atoms with Crippen molar-refractivity contribution < 1.29 is 19.0 Å². The van der Waals surface area contributed by atoms with Crippen LogP contribution >= 0.6 is 23.5 Å². The second-order valence-corrected chi connectivity index (χ2v) is 7.19. The Labute approximate surface area is 166 Å². The lowest BCUT2D eigenvalue weighted by Gasteiger charge is -2.14. The maximum absolute atomic E-state index is 12.3. The molecule has 0 saturated heterocycles. The molecule has 1 aromatic carbocycles. The Morgan fingerprint density at radius 2 is 1.85 bits per heavy atom. The zero-order valence-corrected chi connectivity index (χ0v) is 17.3. The van der Waals surface area contributed by atoms with Crippen LogP contribution in [-0.4, -0.2) is 59.9 Å². The van der Waals surface area contributed by atoms with Gasteiger partial charge in [-0.15, -0.1) is 10.2 Å². The van der Waals surface area contributed by atoms with Gasteiger partial charge in [0.25, 0.3) is 0 Å². The summed E-state index contributed by atoms with van der Waals surface area (Å²) in [5, 5.41) is 11.4. The van der Waals surface area contributed by atoms with E-state index in [2.05, 4.69) is 15.5 Å². The Kier molecular flexibility index (Phi) is 7.92. The van der Waals surface area contributed by atoms with Crippen LogP contribution in [-0.2, 0) is 11.2 Å². The highest BCUT2D eigenvalue weighted by atomic mass is 32.2. The summed E-state index contributed by atoms with van der Waals surface area (Å²) in [5.74, 6) is 8.86. The van der Waals surface area contributed by atoms with Crippen LogP contribution in [0.25, 0.3) is 0 Å². The fourth-order valence-electron chi connectivity index (χ4n) is 2.25. The first kappa shape index (κ1) is 21.0. The molecule has 3 N–H and O–H groups in total. The number of hydrogen-bond donors (Lipinski definition) is 2. The fourth-order valence-corrected chi connectivity index (χ4v) is 3.31. The van der Waals surface area contributed by atoms with Crippen molar-refractivity contribution in [3.63, 3.8) is 0 Å². The third kappa shape index (κ3) is 5.36. The van der Waals surface area contributed by atoms with Crippen LogP contribution in [0.5, 0.6) is 17.2 Å². The number of hydrogen-bond acceptors (Lipinski definition) is 9. The second kappa shape index (κ2) is 10.2. The van der Waals surface area contributed by atoms with Gasteiger partial charge in [0, 0.05) is 30.0 Å². The Morgan fingerprint density at radius 1 is 1.19 bits per heavy atom. The van der Waals surface area contributed by atoms with Gasteiger partial charge < -0.3 is 25.4 Å². The number of thioether (sulfide) groups is 2. The first-order valence-corrected chi connectivity index (χ1v) is 10.3. The topological polar surface area (TPSA) is 114 Å². The quantitative estimate of drug-likeness (QED) is 0.443. The average molecular weight is 414 g/mol. The van der Waals surface area contributed by atoms with Crippen molar-refractivity contribution in [3.05, 3.63) is 18.0 Å². The SMILES string of the molecule is COc1cc(NC(=O)CSc2nnc(CCSC)n2N)cc(OC)c1OC. The summed E-state index contributed by atoms with van der Waals surface area (Å²) in [6.07, 6.45) is 2.74. The number of nitrogens with zero attached hydrogens (tertiary/aromatic N) is 3. The lowest BCUT2D eigenvalue weighted by molar-refractivity contribution is -0.113. The monoisotopic (exact) mass is 413 g/mol. The average Bonchev–Trinajstić information content (AvgIpc) is 3.03. The van der Waals surface area contributed by atoms with Gasteiger partial charge in [-0.2, -0.15) is 11.8 Å². The minimum atomic E-state index is -0.220. The largest absolute Gasteiger partial charge is 0.493 e. The fraction of sp³-hybridized carbons (Fsp3) is 0.438.